The molecule has 19 nitrogen and oxygen atoms in total. The van der Waals surface area contributed by atoms with Crippen molar-refractivity contribution in [2.24, 2.45) is 23.1 Å². The number of aromatic hydroxyl groups is 1. The summed E-state index contributed by atoms with van der Waals surface area (Å²) >= 11 is 4.18. The normalized spacial score (nSPS) is 14.8. The summed E-state index contributed by atoms with van der Waals surface area (Å²) in [7, 11) is 0. The summed E-state index contributed by atoms with van der Waals surface area (Å²) in [4.78, 5) is 99.2. The Morgan fingerprint density at radius 2 is 1.18 bits per heavy atom. The fraction of sp³-hybridized carbons (Fsp3) is 0.392. The first-order valence-corrected chi connectivity index (χ1v) is 24.2. The number of phenols is 1. The van der Waals surface area contributed by atoms with E-state index in [4.69, 9.17) is 17.2 Å². The van der Waals surface area contributed by atoms with Gasteiger partial charge in [-0.25, -0.2) is 0 Å². The SMILES string of the molecule is CC(C)C(NC(=O)C(CCCCN)NC(=O)C(Cc1c[nH]c2ccccc12)NC(=O)C(Cc1ccc(O)cc1)NC(=O)C(N)Cc1ccc2ccccc2c1)C(=O)NC(CS)C(=O)NC(C(N)=O)C(C)O. The van der Waals surface area contributed by atoms with E-state index in [1.807, 2.05) is 66.7 Å². The van der Waals surface area contributed by atoms with Crippen molar-refractivity contribution in [1.82, 2.24) is 36.9 Å². The van der Waals surface area contributed by atoms with E-state index in [2.05, 4.69) is 49.5 Å². The maximum atomic E-state index is 14.7. The highest BCUT2D eigenvalue weighted by molar-refractivity contribution is 7.80. The van der Waals surface area contributed by atoms with Gasteiger partial charge in [-0.3, -0.25) is 33.6 Å². The smallest absolute Gasteiger partial charge is 0.244 e. The second-order valence-electron chi connectivity index (χ2n) is 18.0. The number of aromatic nitrogens is 1. The number of carbonyl (C=O) groups is 7. The number of benzene rings is 4. The Kier molecular flexibility index (Phi) is 20.3. The third kappa shape index (κ3) is 15.8. The van der Waals surface area contributed by atoms with Crippen LogP contribution in [0.5, 0.6) is 5.75 Å². The molecular weight excluding hydrogens is 929 g/mol. The molecule has 5 aromatic rings. The molecule has 380 valence electrons. The number of H-pyrrole nitrogens is 1. The summed E-state index contributed by atoms with van der Waals surface area (Å²) in [5, 5.41) is 38.7. The van der Waals surface area contributed by atoms with Gasteiger partial charge in [0.1, 0.15) is 42.0 Å². The number of aliphatic hydroxyl groups excluding tert-OH is 1. The van der Waals surface area contributed by atoms with Crippen LogP contribution in [0.3, 0.4) is 0 Å². The average molecular weight is 995 g/mol. The number of rotatable bonds is 26. The second kappa shape index (κ2) is 26.3. The van der Waals surface area contributed by atoms with Crippen LogP contribution in [-0.4, -0.2) is 117 Å². The van der Waals surface area contributed by atoms with E-state index >= 15 is 0 Å². The molecule has 71 heavy (non-hydrogen) atoms. The lowest BCUT2D eigenvalue weighted by atomic mass is 9.99. The molecule has 0 aliphatic heterocycles. The molecule has 0 spiro atoms. The molecule has 0 radical (unpaired) electrons. The van der Waals surface area contributed by atoms with Crippen LogP contribution in [0, 0.1) is 5.92 Å². The molecule has 0 bridgehead atoms. The van der Waals surface area contributed by atoms with Crippen molar-refractivity contribution < 1.29 is 43.8 Å². The van der Waals surface area contributed by atoms with E-state index in [1.54, 1.807) is 32.2 Å². The number of primary amides is 1. The Hall–Kier alpha value is -7.00. The lowest BCUT2D eigenvalue weighted by Gasteiger charge is -2.29. The maximum absolute atomic E-state index is 14.7. The van der Waals surface area contributed by atoms with Crippen LogP contribution in [0.25, 0.3) is 21.7 Å². The van der Waals surface area contributed by atoms with Crippen LogP contribution in [0.15, 0.2) is 97.2 Å². The van der Waals surface area contributed by atoms with E-state index in [0.29, 0.717) is 24.0 Å². The molecule has 8 unspecified atom stereocenters. The minimum Gasteiger partial charge on any atom is -0.508 e. The van der Waals surface area contributed by atoms with Gasteiger partial charge in [0.2, 0.25) is 41.4 Å². The molecule has 1 aromatic heterocycles. The average Bonchev–Trinajstić information content (AvgIpc) is 3.75. The van der Waals surface area contributed by atoms with Gasteiger partial charge in [-0.2, -0.15) is 12.6 Å². The first-order chi connectivity index (χ1) is 33.9. The van der Waals surface area contributed by atoms with Crippen molar-refractivity contribution in [3.05, 3.63) is 114 Å². The molecule has 4 aromatic carbocycles. The number of aliphatic hydroxyl groups is 1. The van der Waals surface area contributed by atoms with E-state index in [0.717, 1.165) is 27.2 Å². The van der Waals surface area contributed by atoms with Gasteiger partial charge in [-0.15, -0.1) is 0 Å². The number of phenolic OH excluding ortho intramolecular Hbond substituents is 1. The maximum Gasteiger partial charge on any atom is 0.244 e. The van der Waals surface area contributed by atoms with Crippen LogP contribution >= 0.6 is 12.6 Å². The van der Waals surface area contributed by atoms with Crippen molar-refractivity contribution >= 4 is 75.7 Å². The van der Waals surface area contributed by atoms with Crippen LogP contribution < -0.4 is 49.1 Å². The summed E-state index contributed by atoms with van der Waals surface area (Å²) in [6, 6.07) is 18.1. The van der Waals surface area contributed by atoms with Crippen molar-refractivity contribution in [2.45, 2.75) is 108 Å². The first kappa shape index (κ1) is 54.9. The zero-order valence-electron chi connectivity index (χ0n) is 40.0. The number of hydrogen-bond acceptors (Lipinski definition) is 12. The van der Waals surface area contributed by atoms with Gasteiger partial charge in [0.05, 0.1) is 12.1 Å². The van der Waals surface area contributed by atoms with Gasteiger partial charge in [-0.05, 0) is 90.7 Å². The standard InChI is InChI=1S/C51H66N10O9S/c1-28(2)43(51(70)59-42(27-71)50(69)61-44(29(3)62)45(54)64)60-47(66)39(14-8-9-21-52)56-49(68)41(25-34-26-55-38-13-7-6-12-36(34)38)58-48(67)40(24-30-16-19-35(63)20-17-30)57-46(65)37(53)23-31-15-18-32-10-4-5-11-33(32)22-31/h4-7,10-13,15-20,22,26,28-29,37,39-44,55,62-63,71H,8-9,14,21,23-25,27,52-53H2,1-3H3,(H2,54,64)(H,56,68)(H,57,65)(H,58,67)(H,59,70)(H,60,66)(H,61,69). The number of amides is 7. The predicted octanol–water partition coefficient (Wildman–Crippen LogP) is 0.872. The number of hydrogen-bond donors (Lipinski definition) is 13. The molecule has 8 atom stereocenters. The van der Waals surface area contributed by atoms with Gasteiger partial charge >= 0.3 is 0 Å². The Morgan fingerprint density at radius 3 is 1.83 bits per heavy atom. The number of unbranched alkanes of at least 4 members (excludes halogenated alkanes) is 1. The Labute approximate surface area is 417 Å². The van der Waals surface area contributed by atoms with Crippen molar-refractivity contribution in [3.63, 3.8) is 0 Å². The summed E-state index contributed by atoms with van der Waals surface area (Å²) < 4.78 is 0. The molecule has 0 saturated heterocycles. The fourth-order valence-electron chi connectivity index (χ4n) is 8.03. The molecule has 15 N–H and O–H groups in total. The number of aromatic amines is 1. The summed E-state index contributed by atoms with van der Waals surface area (Å²) in [6.45, 7) is 4.87. The van der Waals surface area contributed by atoms with E-state index in [9.17, 15) is 43.8 Å². The molecular formula is C51H66N10O9S. The number of fused-ring (bicyclic) bond motifs is 2. The summed E-state index contributed by atoms with van der Waals surface area (Å²) in [6.07, 6.45) is 1.40. The third-order valence-electron chi connectivity index (χ3n) is 12.1. The number of nitrogens with one attached hydrogen (secondary N) is 7. The molecule has 0 aliphatic carbocycles. The zero-order valence-corrected chi connectivity index (χ0v) is 40.9. The van der Waals surface area contributed by atoms with Crippen molar-refractivity contribution in [1.29, 1.82) is 0 Å². The van der Waals surface area contributed by atoms with E-state index < -0.39 is 95.7 Å². The van der Waals surface area contributed by atoms with E-state index in [1.165, 1.54) is 19.1 Å². The van der Waals surface area contributed by atoms with Gasteiger partial charge < -0.3 is 64.3 Å². The van der Waals surface area contributed by atoms with Gasteiger partial charge in [0, 0.05) is 35.7 Å². The first-order valence-electron chi connectivity index (χ1n) is 23.6. The Bertz CT molecular complexity index is 2640. The molecule has 20 heteroatoms. The van der Waals surface area contributed by atoms with Crippen LogP contribution in [0.4, 0.5) is 0 Å². The predicted molar refractivity (Wildman–Crippen MR) is 273 cm³/mol. The number of nitrogens with two attached hydrogens (primary N) is 3. The lowest BCUT2D eigenvalue weighted by molar-refractivity contribution is -0.136. The third-order valence-corrected chi connectivity index (χ3v) is 12.4. The van der Waals surface area contributed by atoms with Crippen molar-refractivity contribution in [3.8, 4) is 5.75 Å². The highest BCUT2D eigenvalue weighted by Gasteiger charge is 2.35. The van der Waals surface area contributed by atoms with Gasteiger partial charge in [-0.1, -0.05) is 86.6 Å². The number of para-hydroxylation sites is 1. The van der Waals surface area contributed by atoms with E-state index in [-0.39, 0.29) is 43.7 Å². The van der Waals surface area contributed by atoms with Crippen LogP contribution in [0.2, 0.25) is 0 Å². The second-order valence-corrected chi connectivity index (χ2v) is 18.4. The molecule has 0 saturated carbocycles. The number of thiol groups is 1. The van der Waals surface area contributed by atoms with Gasteiger partial charge in [0.25, 0.3) is 0 Å². The molecule has 1 heterocycles. The van der Waals surface area contributed by atoms with Crippen molar-refractivity contribution in [2.75, 3.05) is 12.3 Å². The Morgan fingerprint density at radius 1 is 0.620 bits per heavy atom. The topological polar surface area (TPSA) is 326 Å². The molecule has 5 rings (SSSR count). The van der Waals surface area contributed by atoms with Gasteiger partial charge in [0.15, 0.2) is 0 Å². The highest BCUT2D eigenvalue weighted by atomic mass is 32.1. The summed E-state index contributed by atoms with van der Waals surface area (Å²) in [5.74, 6) is -6.24. The Balaban J connectivity index is 1.40. The number of carbonyl (C=O) groups excluding carboxylic acids is 7. The van der Waals surface area contributed by atoms with Crippen LogP contribution in [-0.2, 0) is 52.8 Å². The molecule has 0 fully saturated rings. The highest BCUT2D eigenvalue weighted by Crippen LogP contribution is 2.21. The molecule has 7 amide bonds. The minimum atomic E-state index is -1.45. The minimum absolute atomic E-state index is 0.00463. The largest absolute Gasteiger partial charge is 0.508 e. The van der Waals surface area contributed by atoms with Crippen LogP contribution in [0.1, 0.15) is 56.7 Å². The quantitative estimate of drug-likeness (QED) is 0.0272. The molecule has 0 aliphatic rings. The lowest BCUT2D eigenvalue weighted by Crippen LogP contribution is -2.61. The monoisotopic (exact) mass is 994 g/mol. The zero-order chi connectivity index (χ0) is 51.8. The fourth-order valence-corrected chi connectivity index (χ4v) is 8.29. The summed E-state index contributed by atoms with van der Waals surface area (Å²) in [5.41, 5.74) is 20.4.